The molecule has 110 valence electrons. The first-order valence-corrected chi connectivity index (χ1v) is 6.97. The Bertz CT molecular complexity index is 510. The number of carbonyl (C=O) groups is 1. The van der Waals surface area contributed by atoms with Crippen molar-refractivity contribution >= 4 is 5.97 Å². The van der Waals surface area contributed by atoms with E-state index in [1.807, 2.05) is 0 Å². The van der Waals surface area contributed by atoms with Gasteiger partial charge in [-0.25, -0.2) is 9.18 Å². The quantitative estimate of drug-likeness (QED) is 0.906. The lowest BCUT2D eigenvalue weighted by Crippen LogP contribution is -2.34. The molecule has 1 aliphatic rings. The molecular formula is C16H21FO3. The molecule has 0 saturated heterocycles. The highest BCUT2D eigenvalue weighted by molar-refractivity contribution is 5.91. The van der Waals surface area contributed by atoms with Crippen molar-refractivity contribution in [2.45, 2.75) is 46.1 Å². The Hall–Kier alpha value is -1.58. The molecule has 2 atom stereocenters. The van der Waals surface area contributed by atoms with Crippen LogP contribution >= 0.6 is 0 Å². The van der Waals surface area contributed by atoms with Crippen LogP contribution in [0.4, 0.5) is 4.39 Å². The van der Waals surface area contributed by atoms with Gasteiger partial charge in [-0.2, -0.15) is 0 Å². The molecule has 1 N–H and O–H groups in total. The standard InChI is InChI=1S/C16H21FO3/c1-10-7-11(9-16(2,3)8-10)20-13-6-4-5-12(17)14(13)15(18)19/h4-6,10-11H,7-9H2,1-3H3,(H,18,19). The molecule has 2 unspecified atom stereocenters. The van der Waals surface area contributed by atoms with Gasteiger partial charge in [-0.15, -0.1) is 0 Å². The number of hydrogen-bond donors (Lipinski definition) is 1. The van der Waals surface area contributed by atoms with E-state index in [1.165, 1.54) is 12.1 Å². The maximum Gasteiger partial charge on any atom is 0.342 e. The van der Waals surface area contributed by atoms with E-state index in [4.69, 9.17) is 9.84 Å². The molecule has 4 heteroatoms. The van der Waals surface area contributed by atoms with Crippen molar-refractivity contribution in [1.82, 2.24) is 0 Å². The fourth-order valence-corrected chi connectivity index (χ4v) is 3.34. The Morgan fingerprint density at radius 3 is 2.70 bits per heavy atom. The van der Waals surface area contributed by atoms with Crippen LogP contribution in [0, 0.1) is 17.2 Å². The number of carboxylic acid groups (broad SMARTS) is 1. The number of carboxylic acids is 1. The molecule has 0 spiro atoms. The number of aromatic carboxylic acids is 1. The van der Waals surface area contributed by atoms with Gasteiger partial charge in [-0.1, -0.05) is 26.8 Å². The van der Waals surface area contributed by atoms with Gasteiger partial charge in [0.05, 0.1) is 6.10 Å². The highest BCUT2D eigenvalue weighted by Gasteiger charge is 2.34. The first kappa shape index (κ1) is 14.8. The monoisotopic (exact) mass is 280 g/mol. The van der Waals surface area contributed by atoms with Crippen LogP contribution in [0.1, 0.15) is 50.4 Å². The third-order valence-corrected chi connectivity index (χ3v) is 3.83. The molecule has 2 rings (SSSR count). The predicted octanol–water partition coefficient (Wildman–Crippen LogP) is 4.12. The number of halogens is 1. The molecule has 1 fully saturated rings. The minimum absolute atomic E-state index is 0.0614. The molecule has 3 nitrogen and oxygen atoms in total. The molecule has 0 bridgehead atoms. The number of rotatable bonds is 3. The Kier molecular flexibility index (Phi) is 4.02. The maximum absolute atomic E-state index is 13.6. The highest BCUT2D eigenvalue weighted by atomic mass is 19.1. The number of benzene rings is 1. The van der Waals surface area contributed by atoms with Crippen molar-refractivity contribution in [2.75, 3.05) is 0 Å². The summed E-state index contributed by atoms with van der Waals surface area (Å²) >= 11 is 0. The van der Waals surface area contributed by atoms with Gasteiger partial charge in [0, 0.05) is 0 Å². The number of hydrogen-bond acceptors (Lipinski definition) is 2. The SMILES string of the molecule is CC1CC(Oc2cccc(F)c2C(=O)O)CC(C)(C)C1. The molecule has 1 aromatic rings. The summed E-state index contributed by atoms with van der Waals surface area (Å²) in [5, 5.41) is 9.11. The van der Waals surface area contributed by atoms with Gasteiger partial charge in [0.15, 0.2) is 0 Å². The van der Waals surface area contributed by atoms with E-state index in [0.717, 1.165) is 25.3 Å². The molecule has 1 aromatic carbocycles. The molecule has 0 aromatic heterocycles. The van der Waals surface area contributed by atoms with Gasteiger partial charge >= 0.3 is 5.97 Å². The zero-order valence-corrected chi connectivity index (χ0v) is 12.1. The van der Waals surface area contributed by atoms with Crippen LogP contribution in [0.3, 0.4) is 0 Å². The van der Waals surface area contributed by atoms with Crippen molar-refractivity contribution in [3.8, 4) is 5.75 Å². The minimum Gasteiger partial charge on any atom is -0.489 e. The minimum atomic E-state index is -1.29. The summed E-state index contributed by atoms with van der Waals surface area (Å²) in [4.78, 5) is 11.2. The highest BCUT2D eigenvalue weighted by Crippen LogP contribution is 2.40. The Labute approximate surface area is 118 Å². The van der Waals surface area contributed by atoms with Crippen LogP contribution in [0.2, 0.25) is 0 Å². The number of ether oxygens (including phenoxy) is 1. The molecule has 0 heterocycles. The summed E-state index contributed by atoms with van der Waals surface area (Å²) in [7, 11) is 0. The predicted molar refractivity (Wildman–Crippen MR) is 74.6 cm³/mol. The van der Waals surface area contributed by atoms with Crippen molar-refractivity contribution in [3.63, 3.8) is 0 Å². The van der Waals surface area contributed by atoms with E-state index in [1.54, 1.807) is 0 Å². The van der Waals surface area contributed by atoms with Crippen molar-refractivity contribution < 1.29 is 19.0 Å². The lowest BCUT2D eigenvalue weighted by Gasteiger charge is -2.39. The van der Waals surface area contributed by atoms with Gasteiger partial charge in [-0.3, -0.25) is 0 Å². The molecule has 20 heavy (non-hydrogen) atoms. The van der Waals surface area contributed by atoms with Gasteiger partial charge in [-0.05, 0) is 42.7 Å². The summed E-state index contributed by atoms with van der Waals surface area (Å²) in [6, 6.07) is 4.15. The van der Waals surface area contributed by atoms with Gasteiger partial charge in [0.2, 0.25) is 0 Å². The van der Waals surface area contributed by atoms with E-state index in [2.05, 4.69) is 20.8 Å². The normalized spacial score (nSPS) is 25.2. The molecule has 0 radical (unpaired) electrons. The van der Waals surface area contributed by atoms with E-state index >= 15 is 0 Å². The van der Waals surface area contributed by atoms with Crippen LogP contribution in [-0.2, 0) is 0 Å². The zero-order valence-electron chi connectivity index (χ0n) is 12.1. The average molecular weight is 280 g/mol. The van der Waals surface area contributed by atoms with Crippen LogP contribution < -0.4 is 4.74 Å². The van der Waals surface area contributed by atoms with Crippen LogP contribution in [-0.4, -0.2) is 17.2 Å². The van der Waals surface area contributed by atoms with Crippen molar-refractivity contribution in [2.24, 2.45) is 11.3 Å². The Morgan fingerprint density at radius 1 is 1.40 bits per heavy atom. The fourth-order valence-electron chi connectivity index (χ4n) is 3.34. The van der Waals surface area contributed by atoms with Gasteiger partial charge in [0.25, 0.3) is 0 Å². The van der Waals surface area contributed by atoms with E-state index in [-0.39, 0.29) is 22.8 Å². The third kappa shape index (κ3) is 3.30. The first-order valence-electron chi connectivity index (χ1n) is 6.97. The summed E-state index contributed by atoms with van der Waals surface area (Å²) in [6.45, 7) is 6.53. The summed E-state index contributed by atoms with van der Waals surface area (Å²) < 4.78 is 19.4. The van der Waals surface area contributed by atoms with Gasteiger partial charge in [0.1, 0.15) is 17.1 Å². The second-order valence-corrected chi connectivity index (χ2v) is 6.57. The van der Waals surface area contributed by atoms with Crippen molar-refractivity contribution in [1.29, 1.82) is 0 Å². The molecule has 0 aliphatic heterocycles. The second kappa shape index (κ2) is 5.43. The van der Waals surface area contributed by atoms with Gasteiger partial charge < -0.3 is 9.84 Å². The van der Waals surface area contributed by atoms with E-state index in [9.17, 15) is 9.18 Å². The Balaban J connectivity index is 2.22. The van der Waals surface area contributed by atoms with Crippen LogP contribution in [0.25, 0.3) is 0 Å². The molecular weight excluding hydrogens is 259 g/mol. The van der Waals surface area contributed by atoms with E-state index in [0.29, 0.717) is 5.92 Å². The molecule has 0 amide bonds. The summed E-state index contributed by atoms with van der Waals surface area (Å²) in [6.07, 6.45) is 2.79. The summed E-state index contributed by atoms with van der Waals surface area (Å²) in [5.41, 5.74) is -0.206. The lowest BCUT2D eigenvalue weighted by molar-refractivity contribution is 0.0528. The second-order valence-electron chi connectivity index (χ2n) is 6.57. The fraction of sp³-hybridized carbons (Fsp3) is 0.562. The van der Waals surface area contributed by atoms with E-state index < -0.39 is 11.8 Å². The van der Waals surface area contributed by atoms with Crippen LogP contribution in [0.15, 0.2) is 18.2 Å². The van der Waals surface area contributed by atoms with Crippen molar-refractivity contribution in [3.05, 3.63) is 29.6 Å². The smallest absolute Gasteiger partial charge is 0.342 e. The topological polar surface area (TPSA) is 46.5 Å². The zero-order chi connectivity index (χ0) is 14.9. The van der Waals surface area contributed by atoms with Crippen LogP contribution in [0.5, 0.6) is 5.75 Å². The molecule has 1 aliphatic carbocycles. The third-order valence-electron chi connectivity index (χ3n) is 3.83. The largest absolute Gasteiger partial charge is 0.489 e. The Morgan fingerprint density at radius 2 is 2.10 bits per heavy atom. The first-order chi connectivity index (χ1) is 9.28. The molecule has 1 saturated carbocycles. The lowest BCUT2D eigenvalue weighted by atomic mass is 9.71. The maximum atomic E-state index is 13.6. The average Bonchev–Trinajstić information content (AvgIpc) is 2.25. The summed E-state index contributed by atoms with van der Waals surface area (Å²) in [5.74, 6) is -1.39.